The summed E-state index contributed by atoms with van der Waals surface area (Å²) in [6.45, 7) is 7.29. The minimum atomic E-state index is -4.53. The lowest BCUT2D eigenvalue weighted by Gasteiger charge is -2.33. The maximum Gasteiger partial charge on any atom is 0.302 e. The summed E-state index contributed by atoms with van der Waals surface area (Å²) >= 11 is 0. The Morgan fingerprint density at radius 2 is 2.05 bits per heavy atom. The van der Waals surface area contributed by atoms with Gasteiger partial charge in [-0.05, 0) is 23.7 Å². The van der Waals surface area contributed by atoms with Crippen molar-refractivity contribution < 1.29 is 17.1 Å². The number of carbonyl (C=O) groups excluding carboxylic acids is 1. The van der Waals surface area contributed by atoms with Crippen molar-refractivity contribution in [2.24, 2.45) is 28.9 Å². The summed E-state index contributed by atoms with van der Waals surface area (Å²) < 4.78 is 34.2. The van der Waals surface area contributed by atoms with Gasteiger partial charge in [-0.3, -0.25) is 4.79 Å². The Bertz CT molecular complexity index is 520. The van der Waals surface area contributed by atoms with Crippen molar-refractivity contribution >= 4 is 16.1 Å². The van der Waals surface area contributed by atoms with Crippen LogP contribution in [0.4, 0.5) is 3.89 Å². The van der Waals surface area contributed by atoms with Crippen LogP contribution in [0.5, 0.6) is 0 Å². The van der Waals surface area contributed by atoms with Gasteiger partial charge in [0, 0.05) is 31.5 Å². The molecule has 0 aromatic rings. The Labute approximate surface area is 126 Å². The van der Waals surface area contributed by atoms with Crippen molar-refractivity contribution in [3.05, 3.63) is 0 Å². The molecule has 1 saturated heterocycles. The molecule has 4 unspecified atom stereocenters. The highest BCUT2D eigenvalue weighted by atomic mass is 32.3. The second-order valence-corrected chi connectivity index (χ2v) is 8.84. The topological polar surface area (TPSA) is 80.5 Å². The SMILES string of the molecule is CC1CC(C)(C)C(CN2CC(CS(=O)(=O)F)CC2=O)C1N. The van der Waals surface area contributed by atoms with Crippen LogP contribution >= 0.6 is 0 Å². The van der Waals surface area contributed by atoms with Crippen molar-refractivity contribution in [3.8, 4) is 0 Å². The minimum Gasteiger partial charge on any atom is -0.342 e. The summed E-state index contributed by atoms with van der Waals surface area (Å²) in [4.78, 5) is 13.7. The molecule has 21 heavy (non-hydrogen) atoms. The van der Waals surface area contributed by atoms with Crippen LogP contribution in [0.3, 0.4) is 0 Å². The summed E-state index contributed by atoms with van der Waals surface area (Å²) in [5, 5.41) is 0. The Balaban J connectivity index is 2.02. The van der Waals surface area contributed by atoms with Crippen LogP contribution in [-0.2, 0) is 15.0 Å². The fraction of sp³-hybridized carbons (Fsp3) is 0.929. The van der Waals surface area contributed by atoms with Gasteiger partial charge in [0.1, 0.15) is 0 Å². The van der Waals surface area contributed by atoms with Gasteiger partial charge in [0.05, 0.1) is 5.75 Å². The zero-order valence-electron chi connectivity index (χ0n) is 12.9. The molecule has 0 aromatic carbocycles. The Kier molecular flexibility index (Phi) is 4.37. The first kappa shape index (κ1) is 16.7. The van der Waals surface area contributed by atoms with Crippen LogP contribution < -0.4 is 5.73 Å². The number of halogens is 1. The van der Waals surface area contributed by atoms with Gasteiger partial charge in [0.25, 0.3) is 0 Å². The third-order valence-corrected chi connectivity index (χ3v) is 5.99. The van der Waals surface area contributed by atoms with Crippen LogP contribution in [0, 0.1) is 23.2 Å². The maximum atomic E-state index is 12.8. The van der Waals surface area contributed by atoms with Crippen LogP contribution in [0.15, 0.2) is 0 Å². The number of rotatable bonds is 4. The molecule has 7 heteroatoms. The normalized spacial score (nSPS) is 36.4. The molecule has 1 amide bonds. The molecule has 2 rings (SSSR count). The molecule has 2 fully saturated rings. The molecule has 1 aliphatic carbocycles. The van der Waals surface area contributed by atoms with E-state index in [0.29, 0.717) is 19.0 Å². The minimum absolute atomic E-state index is 0.0387. The second-order valence-electron chi connectivity index (χ2n) is 7.43. The number of nitrogens with zero attached hydrogens (tertiary/aromatic N) is 1. The fourth-order valence-electron chi connectivity index (χ4n) is 4.06. The number of likely N-dealkylation sites (tertiary alicyclic amines) is 1. The standard InChI is InChI=1S/C14H25FN2O3S/c1-9-5-14(2,3)11(13(9)16)7-17-6-10(4-12(17)18)8-21(15,19)20/h9-11,13H,4-8,16H2,1-3H3. The van der Waals surface area contributed by atoms with Gasteiger partial charge in [0.15, 0.2) is 0 Å². The van der Waals surface area contributed by atoms with Gasteiger partial charge in [-0.25, -0.2) is 0 Å². The lowest BCUT2D eigenvalue weighted by molar-refractivity contribution is -0.128. The monoisotopic (exact) mass is 320 g/mol. The number of hydrogen-bond acceptors (Lipinski definition) is 4. The van der Waals surface area contributed by atoms with E-state index in [-0.39, 0.29) is 29.7 Å². The van der Waals surface area contributed by atoms with Gasteiger partial charge in [-0.1, -0.05) is 20.8 Å². The van der Waals surface area contributed by atoms with Crippen LogP contribution in [0.25, 0.3) is 0 Å². The van der Waals surface area contributed by atoms with Crippen LogP contribution in [0.2, 0.25) is 0 Å². The summed E-state index contributed by atoms with van der Waals surface area (Å²) in [6.07, 6.45) is 1.13. The van der Waals surface area contributed by atoms with E-state index in [9.17, 15) is 17.1 Å². The highest BCUT2D eigenvalue weighted by Gasteiger charge is 2.46. The third-order valence-electron chi connectivity index (χ3n) is 5.12. The lowest BCUT2D eigenvalue weighted by atomic mass is 9.80. The fourth-order valence-corrected chi connectivity index (χ4v) is 4.85. The molecule has 4 atom stereocenters. The molecule has 2 N–H and O–H groups in total. The van der Waals surface area contributed by atoms with Crippen molar-refractivity contribution in [1.82, 2.24) is 4.90 Å². The predicted octanol–water partition coefficient (Wildman–Crippen LogP) is 1.14. The van der Waals surface area contributed by atoms with E-state index in [1.54, 1.807) is 4.90 Å². The highest BCUT2D eigenvalue weighted by molar-refractivity contribution is 7.86. The van der Waals surface area contributed by atoms with Gasteiger partial charge in [-0.2, -0.15) is 8.42 Å². The van der Waals surface area contributed by atoms with Crippen molar-refractivity contribution in [2.75, 3.05) is 18.8 Å². The molecular weight excluding hydrogens is 295 g/mol. The first-order valence-corrected chi connectivity index (χ1v) is 9.00. The third kappa shape index (κ3) is 3.74. The largest absolute Gasteiger partial charge is 0.342 e. The summed E-state index contributed by atoms with van der Waals surface area (Å²) in [6, 6.07) is 0.0387. The van der Waals surface area contributed by atoms with Crippen LogP contribution in [-0.4, -0.2) is 44.1 Å². The molecule has 0 bridgehead atoms. The van der Waals surface area contributed by atoms with E-state index in [2.05, 4.69) is 20.8 Å². The highest BCUT2D eigenvalue weighted by Crippen LogP contribution is 2.45. The number of amides is 1. The number of carbonyl (C=O) groups is 1. The summed E-state index contributed by atoms with van der Waals surface area (Å²) in [5.74, 6) is -0.495. The lowest BCUT2D eigenvalue weighted by Crippen LogP contribution is -2.43. The quantitative estimate of drug-likeness (QED) is 0.788. The van der Waals surface area contributed by atoms with E-state index in [1.807, 2.05) is 0 Å². The van der Waals surface area contributed by atoms with E-state index < -0.39 is 21.9 Å². The summed E-state index contributed by atoms with van der Waals surface area (Å²) in [5.41, 5.74) is 6.32. The Morgan fingerprint density at radius 1 is 1.43 bits per heavy atom. The van der Waals surface area contributed by atoms with Crippen molar-refractivity contribution in [2.45, 2.75) is 39.7 Å². The van der Waals surface area contributed by atoms with E-state index in [1.165, 1.54) is 0 Å². The molecule has 1 heterocycles. The molecular formula is C14H25FN2O3S. The van der Waals surface area contributed by atoms with Gasteiger partial charge >= 0.3 is 10.2 Å². The van der Waals surface area contributed by atoms with E-state index in [0.717, 1.165) is 6.42 Å². The molecule has 1 aliphatic heterocycles. The molecule has 0 spiro atoms. The first-order valence-electron chi connectivity index (χ1n) is 7.45. The predicted molar refractivity (Wildman–Crippen MR) is 78.6 cm³/mol. The molecule has 1 saturated carbocycles. The maximum absolute atomic E-state index is 12.8. The van der Waals surface area contributed by atoms with Crippen LogP contribution in [0.1, 0.15) is 33.6 Å². The first-order chi connectivity index (χ1) is 9.49. The average Bonchev–Trinajstić information content (AvgIpc) is 2.69. The van der Waals surface area contributed by atoms with Gasteiger partial charge in [0.2, 0.25) is 5.91 Å². The zero-order valence-corrected chi connectivity index (χ0v) is 13.7. The van der Waals surface area contributed by atoms with Gasteiger partial charge in [-0.15, -0.1) is 3.89 Å². The van der Waals surface area contributed by atoms with E-state index >= 15 is 0 Å². The number of nitrogens with two attached hydrogens (primary N) is 1. The van der Waals surface area contributed by atoms with Crippen molar-refractivity contribution in [3.63, 3.8) is 0 Å². The zero-order chi connectivity index (χ0) is 16.0. The second kappa shape index (κ2) is 5.50. The van der Waals surface area contributed by atoms with Crippen molar-refractivity contribution in [1.29, 1.82) is 0 Å². The van der Waals surface area contributed by atoms with Gasteiger partial charge < -0.3 is 10.6 Å². The summed E-state index contributed by atoms with van der Waals surface area (Å²) in [7, 11) is -4.53. The average molecular weight is 320 g/mol. The molecule has 122 valence electrons. The Hall–Kier alpha value is -0.690. The molecule has 5 nitrogen and oxygen atoms in total. The van der Waals surface area contributed by atoms with E-state index in [4.69, 9.17) is 5.73 Å². The molecule has 0 radical (unpaired) electrons. The Morgan fingerprint density at radius 3 is 2.52 bits per heavy atom. The molecule has 2 aliphatic rings. The molecule has 0 aromatic heterocycles. The smallest absolute Gasteiger partial charge is 0.302 e. The number of hydrogen-bond donors (Lipinski definition) is 1.